The van der Waals surface area contributed by atoms with Crippen LogP contribution in [0.25, 0.3) is 44.6 Å². The third-order valence-corrected chi connectivity index (χ3v) is 5.18. The summed E-state index contributed by atoms with van der Waals surface area (Å²) >= 11 is 0. The van der Waals surface area contributed by atoms with Gasteiger partial charge >= 0.3 is 0 Å². The third kappa shape index (κ3) is 3.13. The molecule has 5 aromatic rings. The highest BCUT2D eigenvalue weighted by atomic mass is 16.5. The van der Waals surface area contributed by atoms with Gasteiger partial charge in [-0.1, -0.05) is 24.3 Å². The fourth-order valence-corrected chi connectivity index (χ4v) is 3.72. The number of hydrogen-bond donors (Lipinski definition) is 0. The highest BCUT2D eigenvalue weighted by molar-refractivity contribution is 5.94. The monoisotopic (exact) mass is 411 g/mol. The molecule has 0 aliphatic heterocycles. The van der Waals surface area contributed by atoms with E-state index in [0.29, 0.717) is 34.3 Å². The highest BCUT2D eigenvalue weighted by Gasteiger charge is 2.22. The zero-order valence-electron chi connectivity index (χ0n) is 17.3. The van der Waals surface area contributed by atoms with Crippen molar-refractivity contribution in [1.82, 2.24) is 9.97 Å². The maximum Gasteiger partial charge on any atom is 0.231 e. The van der Waals surface area contributed by atoms with E-state index in [4.69, 9.17) is 18.6 Å². The zero-order chi connectivity index (χ0) is 21.4. The molecule has 0 spiro atoms. The number of benzene rings is 3. The van der Waals surface area contributed by atoms with Crippen molar-refractivity contribution >= 4 is 22.0 Å². The van der Waals surface area contributed by atoms with Gasteiger partial charge in [0.15, 0.2) is 17.1 Å². The number of para-hydroxylation sites is 1. The molecule has 0 amide bonds. The molecule has 3 aromatic carbocycles. The molecule has 31 heavy (non-hydrogen) atoms. The Labute approximate surface area is 179 Å². The van der Waals surface area contributed by atoms with Crippen LogP contribution in [0.15, 0.2) is 65.2 Å². The number of pyridine rings is 1. The number of fused-ring (bicyclic) bond motifs is 2. The molecule has 0 saturated carbocycles. The molecule has 5 rings (SSSR count). The van der Waals surface area contributed by atoms with Gasteiger partial charge < -0.3 is 18.6 Å². The van der Waals surface area contributed by atoms with E-state index in [1.165, 1.54) is 0 Å². The second kappa shape index (κ2) is 7.65. The van der Waals surface area contributed by atoms with E-state index < -0.39 is 0 Å². The Morgan fingerprint density at radius 2 is 1.74 bits per heavy atom. The van der Waals surface area contributed by atoms with E-state index in [-0.39, 0.29) is 0 Å². The Bertz CT molecular complexity index is 1410. The smallest absolute Gasteiger partial charge is 0.231 e. The van der Waals surface area contributed by atoms with E-state index in [9.17, 15) is 0 Å². The summed E-state index contributed by atoms with van der Waals surface area (Å²) in [4.78, 5) is 9.08. The van der Waals surface area contributed by atoms with Crippen LogP contribution in [0.3, 0.4) is 0 Å². The Balaban J connectivity index is 1.69. The van der Waals surface area contributed by atoms with Gasteiger partial charge in [-0.25, -0.2) is 4.98 Å². The zero-order valence-corrected chi connectivity index (χ0v) is 17.3. The van der Waals surface area contributed by atoms with Crippen LogP contribution in [0.4, 0.5) is 0 Å². The molecule has 6 heteroatoms. The number of rotatable bonds is 5. The third-order valence-electron chi connectivity index (χ3n) is 5.18. The Morgan fingerprint density at radius 1 is 0.871 bits per heavy atom. The van der Waals surface area contributed by atoms with Crippen LogP contribution in [0, 0.1) is 6.07 Å². The second-order valence-electron chi connectivity index (χ2n) is 6.88. The second-order valence-corrected chi connectivity index (χ2v) is 6.88. The van der Waals surface area contributed by atoms with Crippen molar-refractivity contribution in [2.24, 2.45) is 0 Å². The molecule has 2 heterocycles. The molecule has 0 aliphatic rings. The summed E-state index contributed by atoms with van der Waals surface area (Å²) in [6.07, 6.45) is 1.79. The lowest BCUT2D eigenvalue weighted by molar-refractivity contribution is 0.324. The van der Waals surface area contributed by atoms with E-state index in [1.54, 1.807) is 33.6 Å². The quantitative estimate of drug-likeness (QED) is 0.378. The molecule has 0 aliphatic carbocycles. The van der Waals surface area contributed by atoms with Gasteiger partial charge in [0, 0.05) is 23.2 Å². The first kappa shape index (κ1) is 18.9. The Kier molecular flexibility index (Phi) is 4.67. The average molecular weight is 411 g/mol. The minimum Gasteiger partial charge on any atom is -0.493 e. The van der Waals surface area contributed by atoms with Gasteiger partial charge in [0.1, 0.15) is 5.52 Å². The SMILES string of the molecule is COc1c[c]c(-c2nc3cccc(-c4ccc5ncccc5c4)c3o2)c(OC)c1OC. The minimum atomic E-state index is 0.391. The molecule has 0 atom stereocenters. The summed E-state index contributed by atoms with van der Waals surface area (Å²) in [5, 5.41) is 1.06. The molecule has 0 fully saturated rings. The van der Waals surface area contributed by atoms with Crippen LogP contribution in [0.5, 0.6) is 17.2 Å². The van der Waals surface area contributed by atoms with Crippen molar-refractivity contribution in [3.8, 4) is 39.8 Å². The van der Waals surface area contributed by atoms with Gasteiger partial charge in [-0.15, -0.1) is 0 Å². The van der Waals surface area contributed by atoms with Crippen LogP contribution in [-0.4, -0.2) is 31.3 Å². The molecular formula is C25H19N2O4. The summed E-state index contributed by atoms with van der Waals surface area (Å²) in [7, 11) is 4.68. The molecular weight excluding hydrogens is 392 g/mol. The predicted molar refractivity (Wildman–Crippen MR) is 119 cm³/mol. The fourth-order valence-electron chi connectivity index (χ4n) is 3.72. The van der Waals surface area contributed by atoms with Gasteiger partial charge in [-0.2, -0.15) is 0 Å². The summed E-state index contributed by atoms with van der Waals surface area (Å²) in [5.74, 6) is 1.82. The highest BCUT2D eigenvalue weighted by Crippen LogP contribution is 2.44. The molecule has 2 aromatic heterocycles. The Morgan fingerprint density at radius 3 is 2.55 bits per heavy atom. The van der Waals surface area contributed by atoms with Crippen LogP contribution in [-0.2, 0) is 0 Å². The fraction of sp³-hybridized carbons (Fsp3) is 0.120. The molecule has 1 radical (unpaired) electrons. The number of nitrogens with zero attached hydrogens (tertiary/aromatic N) is 2. The maximum atomic E-state index is 6.23. The topological polar surface area (TPSA) is 66.6 Å². The first-order valence-corrected chi connectivity index (χ1v) is 9.69. The van der Waals surface area contributed by atoms with Crippen molar-refractivity contribution in [2.45, 2.75) is 0 Å². The lowest BCUT2D eigenvalue weighted by atomic mass is 10.0. The molecule has 0 N–H and O–H groups in total. The minimum absolute atomic E-state index is 0.391. The summed E-state index contributed by atoms with van der Waals surface area (Å²) in [6, 6.07) is 20.8. The van der Waals surface area contributed by atoms with Gasteiger partial charge in [-0.3, -0.25) is 4.98 Å². The molecule has 6 nitrogen and oxygen atoms in total. The van der Waals surface area contributed by atoms with E-state index in [2.05, 4.69) is 22.1 Å². The van der Waals surface area contributed by atoms with E-state index in [1.807, 2.05) is 42.5 Å². The van der Waals surface area contributed by atoms with Crippen molar-refractivity contribution in [1.29, 1.82) is 0 Å². The van der Waals surface area contributed by atoms with E-state index >= 15 is 0 Å². The largest absolute Gasteiger partial charge is 0.493 e. The lowest BCUT2D eigenvalue weighted by Gasteiger charge is -2.13. The van der Waals surface area contributed by atoms with Crippen LogP contribution >= 0.6 is 0 Å². The molecule has 0 bridgehead atoms. The standard InChI is InChI=1S/C25H19N2O4/c1-28-21-12-10-18(23(29-2)24(21)30-3)25-27-20-8-4-7-17(22(20)31-25)15-9-11-19-16(14-15)6-5-13-26-19/h4-9,11-14H,1-3H3. The van der Waals surface area contributed by atoms with Crippen molar-refractivity contribution in [3.63, 3.8) is 0 Å². The lowest BCUT2D eigenvalue weighted by Crippen LogP contribution is -1.97. The predicted octanol–water partition coefficient (Wildman–Crippen LogP) is 5.54. The molecule has 0 unspecified atom stereocenters. The van der Waals surface area contributed by atoms with Crippen LogP contribution < -0.4 is 14.2 Å². The number of oxazole rings is 1. The first-order chi connectivity index (χ1) is 15.2. The van der Waals surface area contributed by atoms with Crippen molar-refractivity contribution in [2.75, 3.05) is 21.3 Å². The Hall–Kier alpha value is -4.06. The summed E-state index contributed by atoms with van der Waals surface area (Å²) in [6.45, 7) is 0. The molecule has 0 saturated heterocycles. The van der Waals surface area contributed by atoms with Gasteiger partial charge in [0.25, 0.3) is 0 Å². The number of ether oxygens (including phenoxy) is 3. The average Bonchev–Trinajstić information content (AvgIpc) is 3.26. The van der Waals surface area contributed by atoms with Crippen molar-refractivity contribution in [3.05, 3.63) is 66.9 Å². The number of methoxy groups -OCH3 is 3. The maximum absolute atomic E-state index is 6.23. The van der Waals surface area contributed by atoms with Crippen LogP contribution in [0.1, 0.15) is 0 Å². The van der Waals surface area contributed by atoms with Gasteiger partial charge in [0.2, 0.25) is 11.6 Å². The van der Waals surface area contributed by atoms with E-state index in [0.717, 1.165) is 27.5 Å². The normalized spacial score (nSPS) is 11.1. The van der Waals surface area contributed by atoms with Crippen molar-refractivity contribution < 1.29 is 18.6 Å². The first-order valence-electron chi connectivity index (χ1n) is 9.69. The number of hydrogen-bond acceptors (Lipinski definition) is 6. The summed E-state index contributed by atoms with van der Waals surface area (Å²) in [5.41, 5.74) is 4.90. The van der Waals surface area contributed by atoms with Gasteiger partial charge in [-0.05, 0) is 35.9 Å². The summed E-state index contributed by atoms with van der Waals surface area (Å²) < 4.78 is 22.6. The number of aromatic nitrogens is 2. The van der Waals surface area contributed by atoms with Crippen LogP contribution in [0.2, 0.25) is 0 Å². The van der Waals surface area contributed by atoms with Gasteiger partial charge in [0.05, 0.1) is 32.4 Å². The molecule has 153 valence electrons.